The first-order chi connectivity index (χ1) is 14.0. The molecule has 13 heteroatoms. The van der Waals surface area contributed by atoms with E-state index in [1.807, 2.05) is 13.2 Å². The maximum atomic E-state index is 11.8. The molecule has 0 fully saturated rings. The number of aromatic amines is 1. The minimum Gasteiger partial charge on any atom is -0.370 e. The number of carbonyl (C=O) groups is 1. The number of ether oxygens (including phenoxy) is 1. The highest BCUT2D eigenvalue weighted by atomic mass is 32.2. The van der Waals surface area contributed by atoms with Crippen LogP contribution in [0.1, 0.15) is 13.3 Å². The van der Waals surface area contributed by atoms with Crippen molar-refractivity contribution < 1.29 is 18.6 Å². The minimum atomic E-state index is -1.20. The Morgan fingerprint density at radius 2 is 2.07 bits per heavy atom. The molecule has 0 spiro atoms. The molecule has 0 aromatic carbocycles. The van der Waals surface area contributed by atoms with E-state index in [0.29, 0.717) is 50.5 Å². The van der Waals surface area contributed by atoms with Gasteiger partial charge in [-0.2, -0.15) is 16.7 Å². The Morgan fingerprint density at radius 3 is 2.79 bits per heavy atom. The third-order valence-electron chi connectivity index (χ3n) is 3.56. The number of aromatic nitrogens is 4. The molecular weight excluding hydrogens is 437 g/mol. The Balaban J connectivity index is 1.79. The normalized spacial score (nSPS) is 12.5. The number of fused-ring (bicyclic) bond motifs is 1. The Morgan fingerprint density at radius 1 is 1.31 bits per heavy atom. The van der Waals surface area contributed by atoms with Crippen LogP contribution in [0.2, 0.25) is 0 Å². The number of imidazole rings is 1. The summed E-state index contributed by atoms with van der Waals surface area (Å²) in [5.41, 5.74) is 5.89. The fourth-order valence-electron chi connectivity index (χ4n) is 2.17. The van der Waals surface area contributed by atoms with Crippen LogP contribution in [0.3, 0.4) is 0 Å². The van der Waals surface area contributed by atoms with Crippen molar-refractivity contribution in [2.45, 2.75) is 19.9 Å². The number of nitrogens with two attached hydrogens (primary N) is 1. The Bertz CT molecular complexity index is 834. The molecule has 2 rings (SSSR count). The van der Waals surface area contributed by atoms with E-state index in [-0.39, 0.29) is 22.1 Å². The molecule has 0 aliphatic carbocycles. The number of hydrogen-bond acceptors (Lipinski definition) is 10. The molecule has 0 amide bonds. The van der Waals surface area contributed by atoms with Crippen LogP contribution in [0.15, 0.2) is 11.1 Å². The first kappa shape index (κ1) is 24.1. The quantitative estimate of drug-likeness (QED) is 0.317. The largest absolute Gasteiger partial charge is 0.370 e. The van der Waals surface area contributed by atoms with Crippen molar-refractivity contribution in [2.75, 3.05) is 49.7 Å². The summed E-state index contributed by atoms with van der Waals surface area (Å²) < 4.78 is 19.0. The molecule has 10 nitrogen and oxygen atoms in total. The number of nitrogen functional groups attached to an aromatic ring is 1. The lowest BCUT2D eigenvalue weighted by Crippen LogP contribution is -2.13. The number of nitrogens with one attached hydrogen (secondary N) is 1. The molecule has 1 unspecified atom stereocenters. The van der Waals surface area contributed by atoms with Crippen LogP contribution in [-0.2, 0) is 25.1 Å². The van der Waals surface area contributed by atoms with Gasteiger partial charge in [0.2, 0.25) is 5.95 Å². The van der Waals surface area contributed by atoms with Crippen LogP contribution in [0.4, 0.5) is 5.95 Å². The van der Waals surface area contributed by atoms with Crippen LogP contribution in [-0.4, -0.2) is 68.6 Å². The molecule has 162 valence electrons. The monoisotopic (exact) mass is 463 g/mol. The molecule has 0 saturated heterocycles. The lowest BCUT2D eigenvalue weighted by molar-refractivity contribution is -0.110. The summed E-state index contributed by atoms with van der Waals surface area (Å²) in [5, 5.41) is 0.151. The third kappa shape index (κ3) is 8.23. The molecular formula is C16H26N5O5PS2. The molecule has 29 heavy (non-hydrogen) atoms. The van der Waals surface area contributed by atoms with Gasteiger partial charge in [-0.1, -0.05) is 18.7 Å². The highest BCUT2D eigenvalue weighted by Gasteiger charge is 2.13. The third-order valence-corrected chi connectivity index (χ3v) is 6.45. The smallest absolute Gasteiger partial charge is 0.280 e. The van der Waals surface area contributed by atoms with E-state index < -0.39 is 8.38 Å². The molecule has 0 bridgehead atoms. The van der Waals surface area contributed by atoms with E-state index >= 15 is 0 Å². The first-order valence-corrected chi connectivity index (χ1v) is 12.8. The van der Waals surface area contributed by atoms with Gasteiger partial charge in [0.25, 0.3) is 5.56 Å². The highest BCUT2D eigenvalue weighted by molar-refractivity contribution is 8.13. The molecule has 0 aliphatic heterocycles. The molecule has 0 radical (unpaired) electrons. The molecule has 1 atom stereocenters. The van der Waals surface area contributed by atoms with Gasteiger partial charge in [-0.3, -0.25) is 14.6 Å². The number of hydrogen-bond donors (Lipinski definition) is 2. The van der Waals surface area contributed by atoms with E-state index in [2.05, 4.69) is 15.0 Å². The van der Waals surface area contributed by atoms with Gasteiger partial charge >= 0.3 is 0 Å². The van der Waals surface area contributed by atoms with Gasteiger partial charge in [0.15, 0.2) is 24.7 Å². The van der Waals surface area contributed by atoms with Crippen molar-refractivity contribution >= 4 is 54.1 Å². The lowest BCUT2D eigenvalue weighted by Gasteiger charge is -2.17. The Hall–Kier alpha value is -1.17. The van der Waals surface area contributed by atoms with Gasteiger partial charge in [-0.25, -0.2) is 4.98 Å². The van der Waals surface area contributed by atoms with Crippen molar-refractivity contribution in [2.24, 2.45) is 0 Å². The predicted molar refractivity (Wildman–Crippen MR) is 118 cm³/mol. The first-order valence-electron chi connectivity index (χ1n) is 9.01. The van der Waals surface area contributed by atoms with Crippen LogP contribution in [0, 0.1) is 0 Å². The maximum Gasteiger partial charge on any atom is 0.280 e. The zero-order valence-corrected chi connectivity index (χ0v) is 19.0. The van der Waals surface area contributed by atoms with Gasteiger partial charge in [0.1, 0.15) is 6.35 Å². The average Bonchev–Trinajstić information content (AvgIpc) is 3.10. The predicted octanol–water partition coefficient (Wildman–Crippen LogP) is 2.05. The second-order valence-electron chi connectivity index (χ2n) is 5.66. The van der Waals surface area contributed by atoms with Gasteiger partial charge in [0.05, 0.1) is 26.1 Å². The summed E-state index contributed by atoms with van der Waals surface area (Å²) in [6.07, 6.45) is 4.38. The van der Waals surface area contributed by atoms with Crippen molar-refractivity contribution in [1.82, 2.24) is 19.5 Å². The second kappa shape index (κ2) is 13.2. The Kier molecular flexibility index (Phi) is 11.0. The van der Waals surface area contributed by atoms with Crippen molar-refractivity contribution in [3.8, 4) is 0 Å². The number of anilines is 1. The molecule has 2 heterocycles. The number of thioether (sulfide) groups is 2. The van der Waals surface area contributed by atoms with Gasteiger partial charge in [0, 0.05) is 24.5 Å². The van der Waals surface area contributed by atoms with E-state index in [1.54, 1.807) is 16.3 Å². The maximum absolute atomic E-state index is 11.8. The van der Waals surface area contributed by atoms with Crippen LogP contribution < -0.4 is 11.3 Å². The highest BCUT2D eigenvalue weighted by Crippen LogP contribution is 2.38. The van der Waals surface area contributed by atoms with Gasteiger partial charge in [-0.05, 0) is 6.26 Å². The summed E-state index contributed by atoms with van der Waals surface area (Å²) >= 11 is 2.96. The Labute approximate surface area is 178 Å². The van der Waals surface area contributed by atoms with Crippen LogP contribution in [0.5, 0.6) is 0 Å². The van der Waals surface area contributed by atoms with Crippen LogP contribution >= 0.6 is 31.9 Å². The summed E-state index contributed by atoms with van der Waals surface area (Å²) in [5.74, 6) is 1.51. The zero-order valence-electron chi connectivity index (χ0n) is 16.5. The molecule has 2 aromatic heterocycles. The number of rotatable bonds is 14. The second-order valence-corrected chi connectivity index (χ2v) is 9.24. The van der Waals surface area contributed by atoms with E-state index in [4.69, 9.17) is 19.5 Å². The summed E-state index contributed by atoms with van der Waals surface area (Å²) in [4.78, 5) is 33.7. The zero-order chi connectivity index (χ0) is 21.1. The van der Waals surface area contributed by atoms with E-state index in [1.165, 1.54) is 18.1 Å². The summed E-state index contributed by atoms with van der Waals surface area (Å²) in [6, 6.07) is 0. The number of nitrogens with zero attached hydrogens (tertiary/aromatic N) is 3. The molecule has 3 N–H and O–H groups in total. The SMILES string of the molecule is CCC(=O)SCCOP(COCCn1cnc2c(=O)[nH]c(N)nc21)OCCSC. The van der Waals surface area contributed by atoms with Gasteiger partial charge < -0.3 is 24.1 Å². The lowest BCUT2D eigenvalue weighted by atomic mass is 10.5. The van der Waals surface area contributed by atoms with Crippen molar-refractivity contribution in [3.63, 3.8) is 0 Å². The fraction of sp³-hybridized carbons (Fsp3) is 0.625. The topological polar surface area (TPSA) is 134 Å². The molecule has 2 aromatic rings. The molecule has 0 aliphatic rings. The fourth-order valence-corrected chi connectivity index (χ4v) is 4.35. The summed E-state index contributed by atoms with van der Waals surface area (Å²) in [6.45, 7) is 3.68. The van der Waals surface area contributed by atoms with E-state index in [0.717, 1.165) is 5.75 Å². The van der Waals surface area contributed by atoms with Crippen molar-refractivity contribution in [1.29, 1.82) is 0 Å². The van der Waals surface area contributed by atoms with E-state index in [9.17, 15) is 9.59 Å². The molecule has 0 saturated carbocycles. The number of carbonyl (C=O) groups excluding carboxylic acids is 1. The van der Waals surface area contributed by atoms with Gasteiger partial charge in [-0.15, -0.1) is 0 Å². The summed E-state index contributed by atoms with van der Waals surface area (Å²) in [7, 11) is -1.20. The number of H-pyrrole nitrogens is 1. The average molecular weight is 464 g/mol. The minimum absolute atomic E-state index is 0.0451. The van der Waals surface area contributed by atoms with Crippen molar-refractivity contribution in [3.05, 3.63) is 16.7 Å². The van der Waals surface area contributed by atoms with Crippen LogP contribution in [0.25, 0.3) is 11.2 Å². The standard InChI is InChI=1S/C16H26N5O5PS2/c1-3-12(22)29-9-7-26-27(25-6-8-28-2)11-24-5-4-21-10-18-13-14(21)19-16(17)20-15(13)23/h10H,3-9,11H2,1-2H3,(H3,17,19,20,23).